The first-order chi connectivity index (χ1) is 12.9. The van der Waals surface area contributed by atoms with Gasteiger partial charge in [0, 0.05) is 11.3 Å². The average Bonchev–Trinajstić information content (AvgIpc) is 2.63. The summed E-state index contributed by atoms with van der Waals surface area (Å²) in [5.41, 5.74) is 4.22. The Bertz CT molecular complexity index is 1000. The van der Waals surface area contributed by atoms with Crippen molar-refractivity contribution in [3.8, 4) is 11.1 Å². The van der Waals surface area contributed by atoms with Crippen molar-refractivity contribution in [2.45, 2.75) is 13.8 Å². The standard InChI is InChI=1S/C21H18ClN3O2/c1-13-7-9-15(10-8-13)16-11-12-19(23-14(16)2)24-21(27)25-20(26)17-5-3-4-6-18(17)22/h3-12H,1-2H3,(H2,23,24,25,26,27). The molecular formula is C21H18ClN3O2. The fourth-order valence-electron chi connectivity index (χ4n) is 2.63. The van der Waals surface area contributed by atoms with E-state index in [-0.39, 0.29) is 10.6 Å². The third kappa shape index (κ3) is 4.51. The van der Waals surface area contributed by atoms with Crippen LogP contribution >= 0.6 is 11.6 Å². The zero-order valence-electron chi connectivity index (χ0n) is 14.9. The fraction of sp³-hybridized carbons (Fsp3) is 0.0952. The lowest BCUT2D eigenvalue weighted by molar-refractivity contribution is 0.0967. The molecule has 2 N–H and O–H groups in total. The summed E-state index contributed by atoms with van der Waals surface area (Å²) in [7, 11) is 0. The van der Waals surface area contributed by atoms with Gasteiger partial charge >= 0.3 is 6.03 Å². The molecule has 5 nitrogen and oxygen atoms in total. The van der Waals surface area contributed by atoms with Crippen LogP contribution in [0.25, 0.3) is 11.1 Å². The average molecular weight is 380 g/mol. The number of nitrogens with zero attached hydrogens (tertiary/aromatic N) is 1. The molecule has 0 bridgehead atoms. The second-order valence-electron chi connectivity index (χ2n) is 6.08. The molecule has 6 heteroatoms. The van der Waals surface area contributed by atoms with Crippen molar-refractivity contribution in [1.82, 2.24) is 10.3 Å². The molecule has 0 saturated heterocycles. The largest absolute Gasteiger partial charge is 0.327 e. The number of benzene rings is 2. The highest BCUT2D eigenvalue weighted by molar-refractivity contribution is 6.34. The van der Waals surface area contributed by atoms with Crippen LogP contribution in [0.5, 0.6) is 0 Å². The monoisotopic (exact) mass is 379 g/mol. The number of anilines is 1. The third-order valence-corrected chi connectivity index (χ3v) is 4.37. The molecule has 3 aromatic rings. The van der Waals surface area contributed by atoms with Gasteiger partial charge in [-0.3, -0.25) is 15.4 Å². The van der Waals surface area contributed by atoms with E-state index in [1.165, 1.54) is 5.56 Å². The summed E-state index contributed by atoms with van der Waals surface area (Å²) in [5.74, 6) is -0.223. The minimum Gasteiger partial charge on any atom is -0.292 e. The van der Waals surface area contributed by atoms with Crippen LogP contribution in [-0.4, -0.2) is 16.9 Å². The minimum atomic E-state index is -0.671. The van der Waals surface area contributed by atoms with E-state index in [1.54, 1.807) is 30.3 Å². The first-order valence-electron chi connectivity index (χ1n) is 8.35. The Morgan fingerprint density at radius 3 is 2.30 bits per heavy atom. The Kier molecular flexibility index (Phi) is 5.52. The first kappa shape index (κ1) is 18.6. The third-order valence-electron chi connectivity index (χ3n) is 4.04. The van der Waals surface area contributed by atoms with Gasteiger partial charge in [-0.2, -0.15) is 0 Å². The second kappa shape index (κ2) is 8.01. The van der Waals surface area contributed by atoms with Crippen molar-refractivity contribution in [2.24, 2.45) is 0 Å². The Balaban J connectivity index is 1.69. The smallest absolute Gasteiger partial charge is 0.292 e. The summed E-state index contributed by atoms with van der Waals surface area (Å²) < 4.78 is 0. The number of carbonyl (C=O) groups is 2. The molecule has 1 heterocycles. The number of amides is 3. The molecule has 3 amide bonds. The number of hydrogen-bond donors (Lipinski definition) is 2. The van der Waals surface area contributed by atoms with E-state index in [4.69, 9.17) is 11.6 Å². The number of pyridine rings is 1. The lowest BCUT2D eigenvalue weighted by Gasteiger charge is -2.10. The second-order valence-corrected chi connectivity index (χ2v) is 6.49. The van der Waals surface area contributed by atoms with E-state index < -0.39 is 11.9 Å². The van der Waals surface area contributed by atoms with Crippen LogP contribution in [0, 0.1) is 13.8 Å². The van der Waals surface area contributed by atoms with Crippen LogP contribution in [0.4, 0.5) is 10.6 Å². The summed E-state index contributed by atoms with van der Waals surface area (Å²) in [6, 6.07) is 17.6. The van der Waals surface area contributed by atoms with Gasteiger partial charge < -0.3 is 0 Å². The Morgan fingerprint density at radius 1 is 0.926 bits per heavy atom. The summed E-state index contributed by atoms with van der Waals surface area (Å²) in [6.07, 6.45) is 0. The first-order valence-corrected chi connectivity index (χ1v) is 8.73. The van der Waals surface area contributed by atoms with E-state index in [0.29, 0.717) is 5.82 Å². The number of hydrogen-bond acceptors (Lipinski definition) is 3. The topological polar surface area (TPSA) is 71.1 Å². The van der Waals surface area contributed by atoms with E-state index in [9.17, 15) is 9.59 Å². The van der Waals surface area contributed by atoms with Crippen LogP contribution in [0.1, 0.15) is 21.6 Å². The van der Waals surface area contributed by atoms with E-state index in [1.807, 2.05) is 44.2 Å². The lowest BCUT2D eigenvalue weighted by atomic mass is 10.0. The van der Waals surface area contributed by atoms with Crippen molar-refractivity contribution in [2.75, 3.05) is 5.32 Å². The SMILES string of the molecule is Cc1ccc(-c2ccc(NC(=O)NC(=O)c3ccccc3Cl)nc2C)cc1. The molecule has 27 heavy (non-hydrogen) atoms. The molecule has 0 radical (unpaired) electrons. The number of carbonyl (C=O) groups excluding carboxylic acids is 2. The molecule has 0 saturated carbocycles. The molecule has 0 aliphatic carbocycles. The molecular weight excluding hydrogens is 362 g/mol. The Hall–Kier alpha value is -3.18. The van der Waals surface area contributed by atoms with E-state index >= 15 is 0 Å². The summed E-state index contributed by atoms with van der Waals surface area (Å²) >= 11 is 5.96. The van der Waals surface area contributed by atoms with Crippen molar-refractivity contribution in [3.63, 3.8) is 0 Å². The molecule has 136 valence electrons. The molecule has 3 rings (SSSR count). The Labute approximate surface area is 162 Å². The number of aryl methyl sites for hydroxylation is 2. The van der Waals surface area contributed by atoms with Crippen molar-refractivity contribution >= 4 is 29.4 Å². The number of nitrogens with one attached hydrogen (secondary N) is 2. The van der Waals surface area contributed by atoms with Gasteiger partial charge in [-0.1, -0.05) is 53.6 Å². The summed E-state index contributed by atoms with van der Waals surface area (Å²) in [4.78, 5) is 28.6. The van der Waals surface area contributed by atoms with Gasteiger partial charge in [0.25, 0.3) is 5.91 Å². The van der Waals surface area contributed by atoms with Crippen molar-refractivity contribution < 1.29 is 9.59 Å². The highest BCUT2D eigenvalue weighted by Gasteiger charge is 2.14. The molecule has 0 aliphatic heterocycles. The van der Waals surface area contributed by atoms with Gasteiger partial charge in [0.05, 0.1) is 10.6 Å². The van der Waals surface area contributed by atoms with Crippen LogP contribution in [0.15, 0.2) is 60.7 Å². The quantitative estimate of drug-likeness (QED) is 0.674. The highest BCUT2D eigenvalue weighted by atomic mass is 35.5. The van der Waals surface area contributed by atoms with Crippen LogP contribution < -0.4 is 10.6 Å². The summed E-state index contributed by atoms with van der Waals surface area (Å²) in [6.45, 7) is 3.90. The number of halogens is 1. The zero-order valence-corrected chi connectivity index (χ0v) is 15.7. The number of imide groups is 1. The van der Waals surface area contributed by atoms with Crippen molar-refractivity contribution in [3.05, 3.63) is 82.5 Å². The Morgan fingerprint density at radius 2 is 1.63 bits per heavy atom. The molecule has 0 aliphatic rings. The molecule has 0 spiro atoms. The predicted molar refractivity (Wildman–Crippen MR) is 107 cm³/mol. The van der Waals surface area contributed by atoms with Gasteiger partial charge in [-0.15, -0.1) is 0 Å². The van der Waals surface area contributed by atoms with Gasteiger partial charge in [0.2, 0.25) is 0 Å². The van der Waals surface area contributed by atoms with Gasteiger partial charge in [0.1, 0.15) is 5.82 Å². The normalized spacial score (nSPS) is 10.3. The van der Waals surface area contributed by atoms with Crippen LogP contribution in [0.2, 0.25) is 5.02 Å². The lowest BCUT2D eigenvalue weighted by Crippen LogP contribution is -2.34. The molecule has 2 aromatic carbocycles. The van der Waals surface area contributed by atoms with Gasteiger partial charge in [-0.25, -0.2) is 9.78 Å². The maximum Gasteiger partial charge on any atom is 0.327 e. The van der Waals surface area contributed by atoms with E-state index in [0.717, 1.165) is 16.8 Å². The van der Waals surface area contributed by atoms with Gasteiger partial charge in [0.15, 0.2) is 0 Å². The number of urea groups is 1. The molecule has 0 fully saturated rings. The predicted octanol–water partition coefficient (Wildman–Crippen LogP) is 4.98. The molecule has 1 aromatic heterocycles. The maximum absolute atomic E-state index is 12.1. The highest BCUT2D eigenvalue weighted by Crippen LogP contribution is 2.24. The van der Waals surface area contributed by atoms with Gasteiger partial charge in [-0.05, 0) is 43.7 Å². The summed E-state index contributed by atoms with van der Waals surface area (Å²) in [5, 5.41) is 5.09. The maximum atomic E-state index is 12.1. The van der Waals surface area contributed by atoms with Crippen molar-refractivity contribution in [1.29, 1.82) is 0 Å². The molecule has 0 atom stereocenters. The fourth-order valence-corrected chi connectivity index (χ4v) is 2.85. The molecule has 0 unspecified atom stereocenters. The van der Waals surface area contributed by atoms with E-state index in [2.05, 4.69) is 15.6 Å². The zero-order chi connectivity index (χ0) is 19.4. The minimum absolute atomic E-state index is 0.230. The van der Waals surface area contributed by atoms with Crippen LogP contribution in [-0.2, 0) is 0 Å². The number of aromatic nitrogens is 1. The number of rotatable bonds is 3. The van der Waals surface area contributed by atoms with Crippen LogP contribution in [0.3, 0.4) is 0 Å².